The van der Waals surface area contributed by atoms with Crippen LogP contribution >= 0.6 is 11.6 Å². The topological polar surface area (TPSA) is 18.5 Å². The number of benzene rings is 2. The second-order valence-corrected chi connectivity index (χ2v) is 4.90. The van der Waals surface area contributed by atoms with Crippen molar-refractivity contribution in [1.29, 1.82) is 0 Å². The lowest BCUT2D eigenvalue weighted by Gasteiger charge is -2.14. The van der Waals surface area contributed by atoms with E-state index in [9.17, 15) is 0 Å². The summed E-state index contributed by atoms with van der Waals surface area (Å²) in [5.41, 5.74) is 1.91. The minimum atomic E-state index is -0.384. The van der Waals surface area contributed by atoms with Crippen molar-refractivity contribution in [2.45, 2.75) is 18.5 Å². The highest BCUT2D eigenvalue weighted by Crippen LogP contribution is 2.41. The first-order valence-corrected chi connectivity index (χ1v) is 6.57. The third-order valence-corrected chi connectivity index (χ3v) is 3.53. The van der Waals surface area contributed by atoms with E-state index in [1.807, 2.05) is 54.6 Å². The molecule has 2 aromatic carbocycles. The molecule has 0 saturated carbocycles. The van der Waals surface area contributed by atoms with Crippen LogP contribution in [0, 0.1) is 6.92 Å². The number of ether oxygens (including phenoxy) is 2. The highest BCUT2D eigenvalue weighted by Gasteiger charge is 2.35. The first-order valence-electron chi connectivity index (χ1n) is 6.19. The molecule has 1 saturated heterocycles. The summed E-state index contributed by atoms with van der Waals surface area (Å²) in [6, 6.07) is 17.5. The van der Waals surface area contributed by atoms with E-state index in [1.54, 1.807) is 0 Å². The van der Waals surface area contributed by atoms with Gasteiger partial charge in [-0.15, -0.1) is 0 Å². The lowest BCUT2D eigenvalue weighted by Crippen LogP contribution is -2.10. The summed E-state index contributed by atoms with van der Waals surface area (Å²) in [7, 11) is 0. The minimum absolute atomic E-state index is 0.237. The molecular formula is C16H14ClO2. The average Bonchev–Trinajstić information content (AvgIpc) is 2.82. The maximum Gasteiger partial charge on any atom is 0.185 e. The van der Waals surface area contributed by atoms with Crippen LogP contribution in [-0.2, 0) is 9.47 Å². The summed E-state index contributed by atoms with van der Waals surface area (Å²) < 4.78 is 11.7. The zero-order valence-corrected chi connectivity index (χ0v) is 11.1. The normalized spacial score (nSPS) is 26.5. The molecule has 2 aromatic rings. The molecule has 3 heteroatoms. The number of rotatable bonds is 2. The smallest absolute Gasteiger partial charge is 0.185 e. The molecular weight excluding hydrogens is 260 g/mol. The Morgan fingerprint density at radius 2 is 1.58 bits per heavy atom. The maximum atomic E-state index is 6.20. The first kappa shape index (κ1) is 12.7. The predicted molar refractivity (Wildman–Crippen MR) is 74.7 cm³/mol. The van der Waals surface area contributed by atoms with Gasteiger partial charge in [0.2, 0.25) is 0 Å². The molecule has 1 radical (unpaired) electrons. The van der Waals surface area contributed by atoms with Crippen LogP contribution in [0.5, 0.6) is 0 Å². The third-order valence-electron chi connectivity index (χ3n) is 3.19. The molecule has 0 amide bonds. The van der Waals surface area contributed by atoms with Crippen LogP contribution in [0.1, 0.15) is 23.5 Å². The highest BCUT2D eigenvalue weighted by molar-refractivity contribution is 6.31. The van der Waals surface area contributed by atoms with Crippen LogP contribution in [-0.4, -0.2) is 6.10 Å². The van der Waals surface area contributed by atoms with Crippen molar-refractivity contribution < 1.29 is 9.47 Å². The summed E-state index contributed by atoms with van der Waals surface area (Å²) in [6.07, 6.45) is -0.894. The largest absolute Gasteiger partial charge is 0.342 e. The molecule has 0 spiro atoms. The van der Waals surface area contributed by atoms with Gasteiger partial charge in [0.1, 0.15) is 6.10 Å². The van der Waals surface area contributed by atoms with Crippen LogP contribution in [0.15, 0.2) is 54.6 Å². The van der Waals surface area contributed by atoms with E-state index < -0.39 is 0 Å². The number of hydrogen-bond donors (Lipinski definition) is 0. The Balaban J connectivity index is 1.85. The van der Waals surface area contributed by atoms with E-state index >= 15 is 0 Å². The lowest BCUT2D eigenvalue weighted by molar-refractivity contribution is -0.0657. The fourth-order valence-corrected chi connectivity index (χ4v) is 2.47. The van der Waals surface area contributed by atoms with Gasteiger partial charge in [0.15, 0.2) is 6.29 Å². The van der Waals surface area contributed by atoms with Gasteiger partial charge in [0.25, 0.3) is 0 Å². The molecule has 0 aromatic heterocycles. The molecule has 0 aliphatic carbocycles. The van der Waals surface area contributed by atoms with E-state index in [0.29, 0.717) is 5.02 Å². The Morgan fingerprint density at radius 1 is 0.895 bits per heavy atom. The van der Waals surface area contributed by atoms with E-state index in [4.69, 9.17) is 21.1 Å². The molecule has 3 rings (SSSR count). The number of halogens is 1. The lowest BCUT2D eigenvalue weighted by atomic mass is 10.1. The Morgan fingerprint density at radius 3 is 2.32 bits per heavy atom. The summed E-state index contributed by atoms with van der Waals surface area (Å²) in [4.78, 5) is 0. The molecule has 0 bridgehead atoms. The molecule has 0 N–H and O–H groups in total. The second-order valence-electron chi connectivity index (χ2n) is 4.50. The van der Waals surface area contributed by atoms with Crippen molar-refractivity contribution >= 4 is 11.6 Å². The molecule has 2 nitrogen and oxygen atoms in total. The van der Waals surface area contributed by atoms with Crippen molar-refractivity contribution in [3.8, 4) is 0 Å². The van der Waals surface area contributed by atoms with Crippen LogP contribution in [0.4, 0.5) is 0 Å². The molecule has 19 heavy (non-hydrogen) atoms. The highest BCUT2D eigenvalue weighted by atomic mass is 35.5. The first-order chi connectivity index (χ1) is 9.25. The van der Waals surface area contributed by atoms with E-state index in [2.05, 4.69) is 6.92 Å². The third kappa shape index (κ3) is 2.52. The molecule has 1 aliphatic heterocycles. The molecule has 1 fully saturated rings. The van der Waals surface area contributed by atoms with Gasteiger partial charge in [0, 0.05) is 16.1 Å². The van der Waals surface area contributed by atoms with Gasteiger partial charge in [-0.05, 0) is 13.0 Å². The van der Waals surface area contributed by atoms with Gasteiger partial charge in [-0.1, -0.05) is 60.1 Å². The van der Waals surface area contributed by atoms with Crippen molar-refractivity contribution in [2.24, 2.45) is 0 Å². The van der Waals surface area contributed by atoms with Crippen molar-refractivity contribution in [3.63, 3.8) is 0 Å². The zero-order valence-electron chi connectivity index (χ0n) is 10.3. The Labute approximate surface area is 117 Å². The Bertz CT molecular complexity index is 556. The van der Waals surface area contributed by atoms with E-state index in [0.717, 1.165) is 11.1 Å². The summed E-state index contributed by atoms with van der Waals surface area (Å²) in [5.74, 6) is 0. The van der Waals surface area contributed by atoms with Gasteiger partial charge >= 0.3 is 0 Å². The van der Waals surface area contributed by atoms with Crippen LogP contribution in [0.2, 0.25) is 5.02 Å². The fraction of sp³-hybridized carbons (Fsp3) is 0.188. The summed E-state index contributed by atoms with van der Waals surface area (Å²) in [6.45, 7) is 4.01. The average molecular weight is 274 g/mol. The van der Waals surface area contributed by atoms with E-state index in [1.165, 1.54) is 0 Å². The quantitative estimate of drug-likeness (QED) is 0.811. The molecule has 1 heterocycles. The molecule has 3 atom stereocenters. The molecule has 1 unspecified atom stereocenters. The summed E-state index contributed by atoms with van der Waals surface area (Å²) in [5, 5.41) is 0.679. The van der Waals surface area contributed by atoms with Crippen molar-refractivity contribution in [3.05, 3.63) is 77.7 Å². The standard InChI is InChI=1S/C16H14ClO2/c1-11-15(13-9-5-6-10-14(13)17)19-16(18-11)12-7-3-2-4-8-12/h2-11,15-16H,1H2/t11-,15+,16?/m0/s1. The monoisotopic (exact) mass is 273 g/mol. The van der Waals surface area contributed by atoms with Crippen molar-refractivity contribution in [2.75, 3.05) is 0 Å². The van der Waals surface area contributed by atoms with Gasteiger partial charge in [0.05, 0.1) is 6.10 Å². The summed E-state index contributed by atoms with van der Waals surface area (Å²) >= 11 is 6.20. The Kier molecular flexibility index (Phi) is 3.56. The zero-order chi connectivity index (χ0) is 13.2. The number of hydrogen-bond acceptors (Lipinski definition) is 2. The van der Waals surface area contributed by atoms with Crippen molar-refractivity contribution in [1.82, 2.24) is 0 Å². The fourth-order valence-electron chi connectivity index (χ4n) is 2.23. The minimum Gasteiger partial charge on any atom is -0.342 e. The van der Waals surface area contributed by atoms with Crippen LogP contribution in [0.3, 0.4) is 0 Å². The van der Waals surface area contributed by atoms with Gasteiger partial charge in [-0.25, -0.2) is 0 Å². The van der Waals surface area contributed by atoms with Crippen LogP contribution in [0.25, 0.3) is 0 Å². The van der Waals surface area contributed by atoms with Gasteiger partial charge < -0.3 is 9.47 Å². The second kappa shape index (κ2) is 5.33. The maximum absolute atomic E-state index is 6.20. The van der Waals surface area contributed by atoms with E-state index in [-0.39, 0.29) is 18.5 Å². The molecule has 97 valence electrons. The molecule has 1 aliphatic rings. The SMILES string of the molecule is [CH2][C@@H]1OC(c2ccccc2)O[C@H]1c1ccccc1Cl. The van der Waals surface area contributed by atoms with Gasteiger partial charge in [-0.2, -0.15) is 0 Å². The Hall–Kier alpha value is -1.35. The van der Waals surface area contributed by atoms with Crippen LogP contribution < -0.4 is 0 Å². The van der Waals surface area contributed by atoms with Gasteiger partial charge in [-0.3, -0.25) is 0 Å². The predicted octanol–water partition coefficient (Wildman–Crippen LogP) is 4.33.